The van der Waals surface area contributed by atoms with E-state index in [0.29, 0.717) is 11.3 Å². The van der Waals surface area contributed by atoms with Crippen LogP contribution in [0.5, 0.6) is 0 Å². The van der Waals surface area contributed by atoms with Crippen LogP contribution in [0.25, 0.3) is 0 Å². The van der Waals surface area contributed by atoms with Gasteiger partial charge in [-0.15, -0.1) is 0 Å². The fraction of sp³-hybridized carbons (Fsp3) is 0.765. The third-order valence-corrected chi connectivity index (χ3v) is 3.59. The van der Waals surface area contributed by atoms with Crippen LogP contribution < -0.4 is 15.8 Å². The molecule has 0 fully saturated rings. The van der Waals surface area contributed by atoms with E-state index in [0.717, 1.165) is 26.1 Å². The van der Waals surface area contributed by atoms with Crippen molar-refractivity contribution in [3.8, 4) is 0 Å². The molecule has 0 aromatic heterocycles. The quantitative estimate of drug-likeness (QED) is 0.756. The summed E-state index contributed by atoms with van der Waals surface area (Å²) in [7, 11) is 3.98. The summed E-state index contributed by atoms with van der Waals surface area (Å²) in [5.74, 6) is 0. The first-order valence-electron chi connectivity index (χ1n) is 7.93. The lowest BCUT2D eigenvalue weighted by Crippen LogP contribution is -2.46. The second kappa shape index (κ2) is 8.32. The van der Waals surface area contributed by atoms with Gasteiger partial charge in [0.15, 0.2) is 0 Å². The smallest absolute Gasteiger partial charge is 0.249 e. The number of anilines is 1. The highest BCUT2D eigenvalue weighted by atomic mass is 16.2. The molecule has 1 aromatic carbocycles. The van der Waals surface area contributed by atoms with Crippen molar-refractivity contribution in [2.24, 2.45) is 0 Å². The second-order valence-electron chi connectivity index (χ2n) is 6.30. The predicted octanol–water partition coefficient (Wildman–Crippen LogP) is 2.38. The normalized spacial score (nSPS) is 11.5. The predicted molar refractivity (Wildman–Crippen MR) is 92.5 cm³/mol. The van der Waals surface area contributed by atoms with E-state index < -0.39 is 0 Å². The van der Waals surface area contributed by atoms with Gasteiger partial charge in [0.05, 0.1) is 5.69 Å². The van der Waals surface area contributed by atoms with Crippen molar-refractivity contribution < 1.29 is 0 Å². The van der Waals surface area contributed by atoms with Crippen molar-refractivity contribution in [3.05, 3.63) is 26.0 Å². The van der Waals surface area contributed by atoms with Crippen LogP contribution in [0.15, 0.2) is 9.59 Å². The monoisotopic (exact) mass is 296 g/mol. The van der Waals surface area contributed by atoms with E-state index in [-0.39, 0.29) is 16.3 Å². The first kappa shape index (κ1) is 19.8. The molecule has 4 heteroatoms. The molecular weight excluding hydrogens is 264 g/mol. The molecule has 1 aromatic rings. The first-order chi connectivity index (χ1) is 9.70. The molecule has 0 amide bonds. The lowest BCUT2D eigenvalue weighted by Gasteiger charge is -2.29. The maximum atomic E-state index is 11.8. The van der Waals surface area contributed by atoms with Crippen LogP contribution in [-0.2, 0) is 5.41 Å². The Morgan fingerprint density at radius 2 is 1.48 bits per heavy atom. The minimum absolute atomic E-state index is 0.255. The van der Waals surface area contributed by atoms with Crippen molar-refractivity contribution in [2.45, 2.75) is 53.4 Å². The van der Waals surface area contributed by atoms with Gasteiger partial charge in [-0.1, -0.05) is 41.5 Å². The Bertz CT molecular complexity index is 493. The van der Waals surface area contributed by atoms with Crippen LogP contribution in [0.3, 0.4) is 0 Å². The van der Waals surface area contributed by atoms with Crippen molar-refractivity contribution >= 4 is 5.69 Å². The molecule has 0 saturated carbocycles. The summed E-state index contributed by atoms with van der Waals surface area (Å²) in [4.78, 5) is 27.6. The molecule has 122 valence electrons. The van der Waals surface area contributed by atoms with Gasteiger partial charge in [-0.25, -0.2) is 0 Å². The standard InChI is InChI=1S/C15H26N2O2.C2H6/c1-7-16(5)9-8-10-17(6)12-11(15(2,3)4)13(18)14(12)19;1-2/h7-10H2,1-6H3;1-2H3. The Labute approximate surface area is 129 Å². The van der Waals surface area contributed by atoms with E-state index in [1.54, 1.807) is 0 Å². The van der Waals surface area contributed by atoms with Gasteiger partial charge in [0, 0.05) is 19.2 Å². The van der Waals surface area contributed by atoms with Gasteiger partial charge in [-0.05, 0) is 32.0 Å². The van der Waals surface area contributed by atoms with Gasteiger partial charge in [-0.3, -0.25) is 9.59 Å². The van der Waals surface area contributed by atoms with Gasteiger partial charge in [0.2, 0.25) is 10.9 Å². The van der Waals surface area contributed by atoms with Gasteiger partial charge < -0.3 is 9.80 Å². The minimum Gasteiger partial charge on any atom is -0.371 e. The zero-order chi connectivity index (χ0) is 16.8. The van der Waals surface area contributed by atoms with Crippen molar-refractivity contribution in [2.75, 3.05) is 38.6 Å². The highest BCUT2D eigenvalue weighted by molar-refractivity contribution is 5.60. The minimum atomic E-state index is -0.323. The fourth-order valence-electron chi connectivity index (χ4n) is 2.29. The van der Waals surface area contributed by atoms with E-state index in [1.807, 2.05) is 46.6 Å². The summed E-state index contributed by atoms with van der Waals surface area (Å²) in [6.45, 7) is 14.9. The molecule has 0 aliphatic carbocycles. The van der Waals surface area contributed by atoms with Gasteiger partial charge >= 0.3 is 0 Å². The summed E-state index contributed by atoms with van der Waals surface area (Å²) in [6.07, 6.45) is 0.989. The Morgan fingerprint density at radius 3 is 1.90 bits per heavy atom. The number of nitrogens with zero attached hydrogens (tertiary/aromatic N) is 2. The van der Waals surface area contributed by atoms with Crippen LogP contribution in [0.1, 0.15) is 53.5 Å². The molecule has 4 nitrogen and oxygen atoms in total. The number of hydrogen-bond donors (Lipinski definition) is 0. The lowest BCUT2D eigenvalue weighted by molar-refractivity contribution is 0.348. The topological polar surface area (TPSA) is 40.6 Å². The zero-order valence-electron chi connectivity index (χ0n) is 15.0. The molecule has 0 spiro atoms. The van der Waals surface area contributed by atoms with Crippen LogP contribution in [0.4, 0.5) is 5.69 Å². The molecule has 0 N–H and O–H groups in total. The van der Waals surface area contributed by atoms with E-state index in [1.165, 1.54) is 0 Å². The number of rotatable bonds is 6. The average Bonchev–Trinajstić information content (AvgIpc) is 2.43. The maximum Gasteiger partial charge on any atom is 0.249 e. The Kier molecular flexibility index (Phi) is 7.86. The molecule has 0 bridgehead atoms. The summed E-state index contributed by atoms with van der Waals surface area (Å²) in [5.41, 5.74) is 0.422. The highest BCUT2D eigenvalue weighted by Gasteiger charge is 2.31. The molecule has 21 heavy (non-hydrogen) atoms. The second-order valence-corrected chi connectivity index (χ2v) is 6.30. The molecule has 0 heterocycles. The van der Waals surface area contributed by atoms with Gasteiger partial charge in [0.25, 0.3) is 0 Å². The maximum absolute atomic E-state index is 11.8. The van der Waals surface area contributed by atoms with Crippen LogP contribution in [0, 0.1) is 0 Å². The zero-order valence-corrected chi connectivity index (χ0v) is 15.0. The largest absolute Gasteiger partial charge is 0.371 e. The lowest BCUT2D eigenvalue weighted by atomic mass is 9.82. The Morgan fingerprint density at radius 1 is 0.952 bits per heavy atom. The van der Waals surface area contributed by atoms with E-state index >= 15 is 0 Å². The molecular formula is C17H32N2O2. The fourth-order valence-corrected chi connectivity index (χ4v) is 2.29. The van der Waals surface area contributed by atoms with E-state index in [9.17, 15) is 9.59 Å². The van der Waals surface area contributed by atoms with E-state index in [2.05, 4.69) is 18.9 Å². The average molecular weight is 296 g/mol. The molecule has 0 radical (unpaired) electrons. The van der Waals surface area contributed by atoms with Gasteiger partial charge in [-0.2, -0.15) is 0 Å². The molecule has 0 aliphatic heterocycles. The van der Waals surface area contributed by atoms with Crippen LogP contribution in [-0.4, -0.2) is 38.6 Å². The molecule has 0 unspecified atom stereocenters. The summed E-state index contributed by atoms with van der Waals surface area (Å²) in [5, 5.41) is 0. The van der Waals surface area contributed by atoms with Crippen LogP contribution in [0.2, 0.25) is 0 Å². The van der Waals surface area contributed by atoms with Crippen molar-refractivity contribution in [3.63, 3.8) is 0 Å². The summed E-state index contributed by atoms with van der Waals surface area (Å²) in [6, 6.07) is 0. The SMILES string of the molecule is CC.CCN(C)CCCN(C)c1c(C(C)(C)C)c(=O)c1=O. The van der Waals surface area contributed by atoms with Crippen LogP contribution >= 0.6 is 0 Å². The number of hydrogen-bond acceptors (Lipinski definition) is 4. The van der Waals surface area contributed by atoms with E-state index in [4.69, 9.17) is 0 Å². The summed E-state index contributed by atoms with van der Waals surface area (Å²) < 4.78 is 0. The molecule has 0 saturated heterocycles. The molecule has 0 aliphatic rings. The third kappa shape index (κ3) is 4.95. The summed E-state index contributed by atoms with van der Waals surface area (Å²) >= 11 is 0. The molecule has 0 atom stereocenters. The van der Waals surface area contributed by atoms with Crippen molar-refractivity contribution in [1.29, 1.82) is 0 Å². The van der Waals surface area contributed by atoms with Crippen molar-refractivity contribution in [1.82, 2.24) is 4.90 Å². The van der Waals surface area contributed by atoms with Gasteiger partial charge in [0.1, 0.15) is 0 Å². The first-order valence-corrected chi connectivity index (χ1v) is 7.93. The third-order valence-electron chi connectivity index (χ3n) is 3.59. The molecule has 1 rings (SSSR count). The Hall–Kier alpha value is -1.16. The Balaban J connectivity index is 0.00000191. The highest BCUT2D eigenvalue weighted by Crippen LogP contribution is 2.27.